The molecule has 2 rings (SSSR count). The molecule has 1 fully saturated rings. The molecule has 0 aliphatic carbocycles. The number of hydrogen-bond acceptors (Lipinski definition) is 4. The predicted molar refractivity (Wildman–Crippen MR) is 109 cm³/mol. The van der Waals surface area contributed by atoms with E-state index in [9.17, 15) is 0 Å². The molecule has 0 saturated carbocycles. The van der Waals surface area contributed by atoms with Gasteiger partial charge >= 0.3 is 0 Å². The molecule has 6 nitrogen and oxygen atoms in total. The van der Waals surface area contributed by atoms with Crippen LogP contribution in [0.2, 0.25) is 0 Å². The Morgan fingerprint density at radius 1 is 1.38 bits per heavy atom. The predicted octanol–water partition coefficient (Wildman–Crippen LogP) is 2.21. The molecule has 0 amide bonds. The summed E-state index contributed by atoms with van der Waals surface area (Å²) in [4.78, 5) is 6.90. The van der Waals surface area contributed by atoms with E-state index in [2.05, 4.69) is 22.1 Å². The first-order valence-corrected chi connectivity index (χ1v) is 8.17. The van der Waals surface area contributed by atoms with Crippen LogP contribution < -0.4 is 20.5 Å². The van der Waals surface area contributed by atoms with E-state index in [1.807, 2.05) is 18.2 Å². The standard InChI is InChI=1S/C17H28N4O2.HI/c1-4-21-10-6-8-14(21)12-20-17(18)19-11-13-7-5-9-15(22-2)16(13)23-3;/h5,7,9,14H,4,6,8,10-12H2,1-3H3,(H3,18,19,20);1H. The first-order valence-electron chi connectivity index (χ1n) is 8.17. The summed E-state index contributed by atoms with van der Waals surface area (Å²) in [6, 6.07) is 6.31. The van der Waals surface area contributed by atoms with Gasteiger partial charge in [-0.2, -0.15) is 0 Å². The van der Waals surface area contributed by atoms with Gasteiger partial charge in [0.05, 0.1) is 20.8 Å². The van der Waals surface area contributed by atoms with Gasteiger partial charge in [-0.15, -0.1) is 24.0 Å². The maximum absolute atomic E-state index is 6.00. The molecule has 1 unspecified atom stereocenters. The number of guanidine groups is 1. The Kier molecular flexibility index (Phi) is 9.20. The second-order valence-electron chi connectivity index (χ2n) is 5.66. The molecule has 7 heteroatoms. The molecule has 1 aliphatic rings. The minimum Gasteiger partial charge on any atom is -0.493 e. The lowest BCUT2D eigenvalue weighted by Gasteiger charge is -2.23. The monoisotopic (exact) mass is 448 g/mol. The van der Waals surface area contributed by atoms with Crippen LogP contribution in [0.3, 0.4) is 0 Å². The highest BCUT2D eigenvalue weighted by atomic mass is 127. The van der Waals surface area contributed by atoms with Crippen LogP contribution in [-0.2, 0) is 6.54 Å². The van der Waals surface area contributed by atoms with E-state index in [4.69, 9.17) is 15.2 Å². The molecule has 0 spiro atoms. The second-order valence-corrected chi connectivity index (χ2v) is 5.66. The molecule has 1 aromatic carbocycles. The normalized spacial score (nSPS) is 18.1. The van der Waals surface area contributed by atoms with Crippen molar-refractivity contribution < 1.29 is 9.47 Å². The highest BCUT2D eigenvalue weighted by molar-refractivity contribution is 14.0. The van der Waals surface area contributed by atoms with Gasteiger partial charge in [0.1, 0.15) is 0 Å². The average molecular weight is 448 g/mol. The van der Waals surface area contributed by atoms with Crippen LogP contribution in [0, 0.1) is 0 Å². The molecule has 1 aliphatic heterocycles. The van der Waals surface area contributed by atoms with Crippen LogP contribution in [-0.4, -0.2) is 50.8 Å². The van der Waals surface area contributed by atoms with Crippen LogP contribution in [0.15, 0.2) is 23.2 Å². The van der Waals surface area contributed by atoms with Crippen molar-refractivity contribution in [2.45, 2.75) is 32.4 Å². The van der Waals surface area contributed by atoms with Gasteiger partial charge in [0.25, 0.3) is 0 Å². The number of hydrogen-bond donors (Lipinski definition) is 2. The summed E-state index contributed by atoms with van der Waals surface area (Å²) in [7, 11) is 3.26. The SMILES string of the molecule is CCN1CCCC1CNC(N)=NCc1cccc(OC)c1OC.I. The Morgan fingerprint density at radius 2 is 2.17 bits per heavy atom. The maximum Gasteiger partial charge on any atom is 0.188 e. The minimum absolute atomic E-state index is 0. The Balaban J connectivity index is 0.00000288. The molecular weight excluding hydrogens is 419 g/mol. The number of likely N-dealkylation sites (tertiary alicyclic amines) is 1. The number of aliphatic imine (C=N–C) groups is 1. The molecule has 0 aromatic heterocycles. The van der Waals surface area contributed by atoms with E-state index < -0.39 is 0 Å². The van der Waals surface area contributed by atoms with E-state index in [1.165, 1.54) is 19.4 Å². The molecule has 3 N–H and O–H groups in total. The Bertz CT molecular complexity index is 539. The highest BCUT2D eigenvalue weighted by Gasteiger charge is 2.22. The van der Waals surface area contributed by atoms with Crippen LogP contribution in [0.5, 0.6) is 11.5 Å². The Morgan fingerprint density at radius 3 is 2.83 bits per heavy atom. The number of methoxy groups -OCH3 is 2. The summed E-state index contributed by atoms with van der Waals surface area (Å²) < 4.78 is 10.7. The highest BCUT2D eigenvalue weighted by Crippen LogP contribution is 2.30. The molecule has 1 saturated heterocycles. The van der Waals surface area contributed by atoms with E-state index in [-0.39, 0.29) is 24.0 Å². The van der Waals surface area contributed by atoms with Crippen LogP contribution in [0.1, 0.15) is 25.3 Å². The van der Waals surface area contributed by atoms with Crippen molar-refractivity contribution in [1.29, 1.82) is 0 Å². The molecule has 1 atom stereocenters. The molecule has 1 aromatic rings. The van der Waals surface area contributed by atoms with E-state index in [0.717, 1.165) is 18.7 Å². The average Bonchev–Trinajstić information content (AvgIpc) is 3.05. The van der Waals surface area contributed by atoms with Gasteiger partial charge < -0.3 is 20.5 Å². The van der Waals surface area contributed by atoms with E-state index in [0.29, 0.717) is 30.0 Å². The van der Waals surface area contributed by atoms with Crippen molar-refractivity contribution in [2.24, 2.45) is 10.7 Å². The van der Waals surface area contributed by atoms with Crippen molar-refractivity contribution in [3.63, 3.8) is 0 Å². The third-order valence-corrected chi connectivity index (χ3v) is 4.33. The van der Waals surface area contributed by atoms with Crippen LogP contribution in [0.4, 0.5) is 0 Å². The van der Waals surface area contributed by atoms with Gasteiger partial charge in [0.15, 0.2) is 17.5 Å². The fraction of sp³-hybridized carbons (Fsp3) is 0.588. The number of nitrogens with two attached hydrogens (primary N) is 1. The summed E-state index contributed by atoms with van der Waals surface area (Å²) >= 11 is 0. The van der Waals surface area contributed by atoms with Crippen molar-refractivity contribution >= 4 is 29.9 Å². The molecule has 0 radical (unpaired) electrons. The van der Waals surface area contributed by atoms with Crippen molar-refractivity contribution in [2.75, 3.05) is 33.9 Å². The fourth-order valence-corrected chi connectivity index (χ4v) is 3.07. The summed E-state index contributed by atoms with van der Waals surface area (Å²) in [5.41, 5.74) is 6.95. The summed E-state index contributed by atoms with van der Waals surface area (Å²) in [5, 5.41) is 3.24. The summed E-state index contributed by atoms with van der Waals surface area (Å²) in [5.74, 6) is 1.88. The number of halogens is 1. The lowest BCUT2D eigenvalue weighted by atomic mass is 10.2. The zero-order chi connectivity index (χ0) is 16.7. The smallest absolute Gasteiger partial charge is 0.188 e. The number of nitrogens with one attached hydrogen (secondary N) is 1. The van der Waals surface area contributed by atoms with Crippen LogP contribution >= 0.6 is 24.0 Å². The maximum atomic E-state index is 6.00. The van der Waals surface area contributed by atoms with E-state index >= 15 is 0 Å². The Labute approximate surface area is 161 Å². The largest absolute Gasteiger partial charge is 0.493 e. The minimum atomic E-state index is 0. The second kappa shape index (κ2) is 10.6. The van der Waals surface area contributed by atoms with Crippen molar-refractivity contribution in [3.8, 4) is 11.5 Å². The number of likely N-dealkylation sites (N-methyl/N-ethyl adjacent to an activating group) is 1. The number of rotatable bonds is 7. The number of benzene rings is 1. The lowest BCUT2D eigenvalue weighted by molar-refractivity contribution is 0.267. The zero-order valence-corrected chi connectivity index (χ0v) is 17.1. The summed E-state index contributed by atoms with van der Waals surface area (Å²) in [6.45, 7) is 5.77. The first kappa shape index (κ1) is 20.8. The topological polar surface area (TPSA) is 72.1 Å². The van der Waals surface area contributed by atoms with Gasteiger partial charge in [-0.25, -0.2) is 4.99 Å². The summed E-state index contributed by atoms with van der Waals surface area (Å²) in [6.07, 6.45) is 2.48. The molecule has 1 heterocycles. The third kappa shape index (κ3) is 5.41. The zero-order valence-electron chi connectivity index (χ0n) is 14.7. The number of nitrogens with zero attached hydrogens (tertiary/aromatic N) is 2. The first-order chi connectivity index (χ1) is 11.2. The van der Waals surface area contributed by atoms with Gasteiger partial charge in [0.2, 0.25) is 0 Å². The van der Waals surface area contributed by atoms with Gasteiger partial charge in [-0.05, 0) is 32.0 Å². The third-order valence-electron chi connectivity index (χ3n) is 4.33. The number of para-hydroxylation sites is 1. The molecule has 136 valence electrons. The molecular formula is C17H29IN4O2. The molecule has 0 bridgehead atoms. The quantitative estimate of drug-likeness (QED) is 0.380. The van der Waals surface area contributed by atoms with Crippen LogP contribution in [0.25, 0.3) is 0 Å². The van der Waals surface area contributed by atoms with E-state index in [1.54, 1.807) is 14.2 Å². The lowest BCUT2D eigenvalue weighted by Crippen LogP contribution is -2.42. The number of ether oxygens (including phenoxy) is 2. The Hall–Kier alpha value is -1.22. The van der Waals surface area contributed by atoms with Gasteiger partial charge in [-0.3, -0.25) is 4.90 Å². The van der Waals surface area contributed by atoms with Crippen molar-refractivity contribution in [3.05, 3.63) is 23.8 Å². The van der Waals surface area contributed by atoms with Crippen molar-refractivity contribution in [1.82, 2.24) is 10.2 Å². The van der Waals surface area contributed by atoms with Gasteiger partial charge in [-0.1, -0.05) is 19.1 Å². The van der Waals surface area contributed by atoms with Gasteiger partial charge in [0, 0.05) is 18.2 Å². The molecule has 24 heavy (non-hydrogen) atoms. The fourth-order valence-electron chi connectivity index (χ4n) is 3.07.